The van der Waals surface area contributed by atoms with Crippen molar-refractivity contribution in [3.05, 3.63) is 0 Å². The summed E-state index contributed by atoms with van der Waals surface area (Å²) in [6.45, 7) is 3.13. The molecule has 0 aliphatic rings. The molecule has 0 aliphatic carbocycles. The normalized spacial score (nSPS) is 8.18. The van der Waals surface area contributed by atoms with Gasteiger partial charge in [-0.25, -0.2) is 0 Å². The van der Waals surface area contributed by atoms with Crippen LogP contribution in [0.4, 0.5) is 0 Å². The first-order valence-electron chi connectivity index (χ1n) is 3.35. The first-order valence-corrected chi connectivity index (χ1v) is 3.35. The fraction of sp³-hybridized carbons (Fsp3) is 0.800. The smallest absolute Gasteiger partial charge is 0.183 e. The molecule has 0 amide bonds. The van der Waals surface area contributed by atoms with Gasteiger partial charge in [0.15, 0.2) is 5.96 Å². The van der Waals surface area contributed by atoms with Crippen molar-refractivity contribution in [1.29, 1.82) is 5.41 Å². The van der Waals surface area contributed by atoms with Crippen molar-refractivity contribution in [3.8, 4) is 0 Å². The molecule has 0 atom stereocenters. The van der Waals surface area contributed by atoms with Crippen molar-refractivity contribution < 1.29 is 0 Å². The molecular formula is C5H18N6. The number of hydrogen-bond acceptors (Lipinski definition) is 4. The quantitative estimate of drug-likeness (QED) is 0.152. The molecule has 0 aromatic rings. The Labute approximate surface area is 66.8 Å². The lowest BCUT2D eigenvalue weighted by molar-refractivity contribution is 0.696. The van der Waals surface area contributed by atoms with Crippen LogP contribution in [0.2, 0.25) is 0 Å². The summed E-state index contributed by atoms with van der Waals surface area (Å²) in [5.74, 6) is -0.333. The molecular weight excluding hydrogens is 144 g/mol. The Balaban J connectivity index is 0. The average Bonchev–Trinajstić information content (AvgIpc) is 1.88. The molecule has 0 rings (SSSR count). The summed E-state index contributed by atoms with van der Waals surface area (Å²) in [5.41, 5.74) is 19.3. The standard InChI is InChI=1S/C4H13N3.CH5N3/c5-1-3-7-4-2-6;2-1(3)4/h7H,1-6H2;(H5,2,3,4). The van der Waals surface area contributed by atoms with Crippen LogP contribution in [-0.4, -0.2) is 32.1 Å². The van der Waals surface area contributed by atoms with E-state index in [9.17, 15) is 0 Å². The maximum absolute atomic E-state index is 6.06. The highest BCUT2D eigenvalue weighted by atomic mass is 14.9. The van der Waals surface area contributed by atoms with E-state index in [4.69, 9.17) is 16.9 Å². The van der Waals surface area contributed by atoms with Crippen LogP contribution in [0.15, 0.2) is 0 Å². The van der Waals surface area contributed by atoms with E-state index in [0.717, 1.165) is 13.1 Å². The van der Waals surface area contributed by atoms with Gasteiger partial charge in [0.2, 0.25) is 0 Å². The van der Waals surface area contributed by atoms with E-state index in [1.54, 1.807) is 0 Å². The molecule has 0 aromatic carbocycles. The summed E-state index contributed by atoms with van der Waals surface area (Å²) in [7, 11) is 0. The van der Waals surface area contributed by atoms with Gasteiger partial charge in [0, 0.05) is 26.2 Å². The Kier molecular flexibility index (Phi) is 13.8. The van der Waals surface area contributed by atoms with Crippen LogP contribution in [0, 0.1) is 5.41 Å². The van der Waals surface area contributed by atoms with Crippen LogP contribution in [-0.2, 0) is 0 Å². The second-order valence-corrected chi connectivity index (χ2v) is 1.78. The summed E-state index contributed by atoms with van der Waals surface area (Å²) in [4.78, 5) is 0. The van der Waals surface area contributed by atoms with E-state index in [0.29, 0.717) is 13.1 Å². The second kappa shape index (κ2) is 11.9. The van der Waals surface area contributed by atoms with Gasteiger partial charge in [0.25, 0.3) is 0 Å². The van der Waals surface area contributed by atoms with Crippen LogP contribution >= 0.6 is 0 Å². The first-order chi connectivity index (χ1) is 5.15. The van der Waals surface area contributed by atoms with Crippen molar-refractivity contribution in [1.82, 2.24) is 5.32 Å². The van der Waals surface area contributed by atoms with Crippen LogP contribution in [0.3, 0.4) is 0 Å². The van der Waals surface area contributed by atoms with E-state index in [2.05, 4.69) is 16.8 Å². The predicted octanol–water partition coefficient (Wildman–Crippen LogP) is -2.67. The zero-order valence-electron chi connectivity index (χ0n) is 6.64. The van der Waals surface area contributed by atoms with Gasteiger partial charge >= 0.3 is 0 Å². The lowest BCUT2D eigenvalue weighted by atomic mass is 10.6. The van der Waals surface area contributed by atoms with Gasteiger partial charge in [0.1, 0.15) is 0 Å². The molecule has 10 N–H and O–H groups in total. The van der Waals surface area contributed by atoms with Gasteiger partial charge in [-0.1, -0.05) is 0 Å². The monoisotopic (exact) mass is 162 g/mol. The molecule has 0 heterocycles. The summed E-state index contributed by atoms with van der Waals surface area (Å²) in [6, 6.07) is 0. The largest absolute Gasteiger partial charge is 0.370 e. The lowest BCUT2D eigenvalue weighted by Gasteiger charge is -1.95. The van der Waals surface area contributed by atoms with Gasteiger partial charge in [-0.05, 0) is 0 Å². The third-order valence-electron chi connectivity index (χ3n) is 0.642. The topological polar surface area (TPSA) is 140 Å². The molecule has 0 saturated carbocycles. The minimum absolute atomic E-state index is 0.333. The minimum Gasteiger partial charge on any atom is -0.370 e. The maximum atomic E-state index is 6.06. The van der Waals surface area contributed by atoms with Gasteiger partial charge < -0.3 is 28.3 Å². The van der Waals surface area contributed by atoms with Crippen molar-refractivity contribution in [2.45, 2.75) is 0 Å². The molecule has 6 heteroatoms. The number of nitrogens with two attached hydrogens (primary N) is 4. The average molecular weight is 162 g/mol. The lowest BCUT2D eigenvalue weighted by Crippen LogP contribution is -2.27. The van der Waals surface area contributed by atoms with Gasteiger partial charge in [0.05, 0.1) is 0 Å². The Morgan fingerprint density at radius 2 is 1.36 bits per heavy atom. The Morgan fingerprint density at radius 1 is 1.09 bits per heavy atom. The van der Waals surface area contributed by atoms with Gasteiger partial charge in [-0.2, -0.15) is 0 Å². The van der Waals surface area contributed by atoms with Crippen molar-refractivity contribution in [2.75, 3.05) is 26.2 Å². The molecule has 0 saturated heterocycles. The van der Waals surface area contributed by atoms with Crippen LogP contribution in [0.25, 0.3) is 0 Å². The minimum atomic E-state index is -0.333. The van der Waals surface area contributed by atoms with Gasteiger partial charge in [-0.15, -0.1) is 0 Å². The van der Waals surface area contributed by atoms with Crippen molar-refractivity contribution in [3.63, 3.8) is 0 Å². The SMILES string of the molecule is N=C(N)N.NCCNCCN. The van der Waals surface area contributed by atoms with Gasteiger partial charge in [-0.3, -0.25) is 5.41 Å². The van der Waals surface area contributed by atoms with Crippen molar-refractivity contribution in [2.24, 2.45) is 22.9 Å². The summed E-state index contributed by atoms with van der Waals surface area (Å²) in [5, 5.41) is 9.09. The van der Waals surface area contributed by atoms with Crippen LogP contribution in [0.5, 0.6) is 0 Å². The fourth-order valence-electron chi connectivity index (χ4n) is 0.329. The maximum Gasteiger partial charge on any atom is 0.183 e. The predicted molar refractivity (Wildman–Crippen MR) is 47.1 cm³/mol. The van der Waals surface area contributed by atoms with E-state index in [-0.39, 0.29) is 5.96 Å². The van der Waals surface area contributed by atoms with Crippen LogP contribution < -0.4 is 28.3 Å². The highest BCUT2D eigenvalue weighted by molar-refractivity contribution is 5.71. The molecule has 6 nitrogen and oxygen atoms in total. The molecule has 0 aliphatic heterocycles. The number of rotatable bonds is 4. The number of nitrogens with one attached hydrogen (secondary N) is 2. The first kappa shape index (κ1) is 12.8. The molecule has 0 radical (unpaired) electrons. The number of hydrogen-bond donors (Lipinski definition) is 6. The highest BCUT2D eigenvalue weighted by Gasteiger charge is 1.76. The Hall–Kier alpha value is -0.850. The molecule has 11 heavy (non-hydrogen) atoms. The van der Waals surface area contributed by atoms with Crippen LogP contribution in [0.1, 0.15) is 0 Å². The molecule has 68 valence electrons. The summed E-state index contributed by atoms with van der Waals surface area (Å²) in [6.07, 6.45) is 0. The van der Waals surface area contributed by atoms with E-state index >= 15 is 0 Å². The Bertz CT molecular complexity index is 75.0. The van der Waals surface area contributed by atoms with Crippen molar-refractivity contribution >= 4 is 5.96 Å². The molecule has 0 bridgehead atoms. The molecule has 0 aromatic heterocycles. The highest BCUT2D eigenvalue weighted by Crippen LogP contribution is 1.49. The Morgan fingerprint density at radius 3 is 1.55 bits per heavy atom. The number of guanidine groups is 1. The second-order valence-electron chi connectivity index (χ2n) is 1.78. The molecule has 0 fully saturated rings. The fourth-order valence-corrected chi connectivity index (χ4v) is 0.329. The van der Waals surface area contributed by atoms with E-state index in [1.807, 2.05) is 0 Å². The summed E-state index contributed by atoms with van der Waals surface area (Å²) < 4.78 is 0. The molecule has 0 spiro atoms. The van der Waals surface area contributed by atoms with E-state index in [1.165, 1.54) is 0 Å². The van der Waals surface area contributed by atoms with E-state index < -0.39 is 0 Å². The zero-order valence-corrected chi connectivity index (χ0v) is 6.64. The molecule has 0 unspecified atom stereocenters. The third-order valence-corrected chi connectivity index (χ3v) is 0.642. The summed E-state index contributed by atoms with van der Waals surface area (Å²) >= 11 is 0. The zero-order chi connectivity index (χ0) is 9.11. The third kappa shape index (κ3) is 47.1.